The zero-order chi connectivity index (χ0) is 13.5. The lowest BCUT2D eigenvalue weighted by atomic mass is 10.0. The van der Waals surface area contributed by atoms with Crippen molar-refractivity contribution in [2.75, 3.05) is 6.54 Å². The molecular weight excluding hydrogens is 238 g/mol. The van der Waals surface area contributed by atoms with E-state index in [1.165, 1.54) is 10.4 Å². The monoisotopic (exact) mass is 259 g/mol. The zero-order valence-electron chi connectivity index (χ0n) is 11.6. The van der Waals surface area contributed by atoms with Gasteiger partial charge in [-0.15, -0.1) is 10.2 Å². The third-order valence-corrected chi connectivity index (χ3v) is 3.10. The Morgan fingerprint density at radius 2 is 2.05 bits per heavy atom. The lowest BCUT2D eigenvalue weighted by molar-refractivity contribution is 0.481. The van der Waals surface area contributed by atoms with Crippen LogP contribution in [0.25, 0.3) is 0 Å². The van der Waals surface area contributed by atoms with Crippen molar-refractivity contribution in [2.45, 2.75) is 32.2 Å². The zero-order valence-corrected chi connectivity index (χ0v) is 11.6. The molecule has 0 fully saturated rings. The molecule has 0 radical (unpaired) electrons. The Kier molecular flexibility index (Phi) is 5.03. The smallest absolute Gasteiger partial charge is 0.176 e. The molecule has 2 aromatic rings. The van der Waals surface area contributed by atoms with Gasteiger partial charge in [0.05, 0.1) is 7.05 Å². The molecular formula is C14H21N5. The van der Waals surface area contributed by atoms with Gasteiger partial charge in [-0.25, -0.2) is 0 Å². The SMILES string of the molecule is CCNC(CCc1ccccc1)Cc1nnn(C)n1. The maximum Gasteiger partial charge on any atom is 0.176 e. The number of tetrazole rings is 1. The highest BCUT2D eigenvalue weighted by Crippen LogP contribution is 2.07. The van der Waals surface area contributed by atoms with Gasteiger partial charge in [0.1, 0.15) is 0 Å². The summed E-state index contributed by atoms with van der Waals surface area (Å²) >= 11 is 0. The van der Waals surface area contributed by atoms with E-state index in [0.29, 0.717) is 6.04 Å². The van der Waals surface area contributed by atoms with E-state index in [0.717, 1.165) is 31.6 Å². The molecule has 0 aliphatic heterocycles. The molecule has 0 saturated carbocycles. The second-order valence-corrected chi connectivity index (χ2v) is 4.68. The Balaban J connectivity index is 1.89. The number of aromatic nitrogens is 4. The van der Waals surface area contributed by atoms with Crippen LogP contribution < -0.4 is 5.32 Å². The quantitative estimate of drug-likeness (QED) is 0.816. The summed E-state index contributed by atoms with van der Waals surface area (Å²) in [7, 11) is 1.79. The molecule has 0 aliphatic carbocycles. The van der Waals surface area contributed by atoms with Crippen LogP contribution in [0.15, 0.2) is 30.3 Å². The molecule has 1 aromatic heterocycles. The van der Waals surface area contributed by atoms with Crippen molar-refractivity contribution in [3.05, 3.63) is 41.7 Å². The molecule has 5 heteroatoms. The fourth-order valence-electron chi connectivity index (χ4n) is 2.18. The standard InChI is InChI=1S/C14H21N5/c1-3-15-13(11-14-16-18-19(2)17-14)10-9-12-7-5-4-6-8-12/h4-8,13,15H,3,9-11H2,1-2H3. The molecule has 2 rings (SSSR count). The molecule has 1 aromatic carbocycles. The first-order valence-corrected chi connectivity index (χ1v) is 6.78. The maximum absolute atomic E-state index is 4.24. The van der Waals surface area contributed by atoms with Gasteiger partial charge in [-0.05, 0) is 30.2 Å². The first kappa shape index (κ1) is 13.7. The number of rotatable bonds is 7. The third-order valence-electron chi connectivity index (χ3n) is 3.10. The average molecular weight is 259 g/mol. The highest BCUT2D eigenvalue weighted by atomic mass is 15.6. The summed E-state index contributed by atoms with van der Waals surface area (Å²) in [6.07, 6.45) is 2.98. The van der Waals surface area contributed by atoms with Crippen LogP contribution in [-0.2, 0) is 19.9 Å². The first-order valence-electron chi connectivity index (χ1n) is 6.78. The highest BCUT2D eigenvalue weighted by Gasteiger charge is 2.12. The van der Waals surface area contributed by atoms with Crippen LogP contribution in [0.5, 0.6) is 0 Å². The predicted molar refractivity (Wildman–Crippen MR) is 74.7 cm³/mol. The van der Waals surface area contributed by atoms with Gasteiger partial charge < -0.3 is 5.32 Å². The largest absolute Gasteiger partial charge is 0.314 e. The minimum atomic E-state index is 0.398. The Bertz CT molecular complexity index is 480. The van der Waals surface area contributed by atoms with Crippen LogP contribution in [0, 0.1) is 0 Å². The van der Waals surface area contributed by atoms with Crippen molar-refractivity contribution < 1.29 is 0 Å². The molecule has 0 bridgehead atoms. The van der Waals surface area contributed by atoms with Crippen LogP contribution in [-0.4, -0.2) is 32.8 Å². The number of hydrogen-bond acceptors (Lipinski definition) is 4. The van der Waals surface area contributed by atoms with Gasteiger partial charge in [0.15, 0.2) is 5.82 Å². The summed E-state index contributed by atoms with van der Waals surface area (Å²) in [5.74, 6) is 0.807. The van der Waals surface area contributed by atoms with Gasteiger partial charge in [-0.2, -0.15) is 4.80 Å². The Labute approximate surface area is 114 Å². The number of likely N-dealkylation sites (N-methyl/N-ethyl adjacent to an activating group) is 1. The molecule has 1 atom stereocenters. The van der Waals surface area contributed by atoms with Gasteiger partial charge in [0.25, 0.3) is 0 Å². The first-order chi connectivity index (χ1) is 9.28. The van der Waals surface area contributed by atoms with Gasteiger partial charge in [-0.3, -0.25) is 0 Å². The summed E-state index contributed by atoms with van der Waals surface area (Å²) in [6.45, 7) is 3.08. The summed E-state index contributed by atoms with van der Waals surface area (Å²) < 4.78 is 0. The summed E-state index contributed by atoms with van der Waals surface area (Å²) in [4.78, 5) is 1.51. The minimum absolute atomic E-state index is 0.398. The number of benzene rings is 1. The molecule has 19 heavy (non-hydrogen) atoms. The predicted octanol–water partition coefficient (Wildman–Crippen LogP) is 1.36. The van der Waals surface area contributed by atoms with E-state index in [2.05, 4.69) is 58.0 Å². The van der Waals surface area contributed by atoms with Gasteiger partial charge in [0.2, 0.25) is 0 Å². The fourth-order valence-corrected chi connectivity index (χ4v) is 2.18. The second-order valence-electron chi connectivity index (χ2n) is 4.68. The van der Waals surface area contributed by atoms with E-state index in [1.54, 1.807) is 7.05 Å². The molecule has 0 saturated heterocycles. The Hall–Kier alpha value is -1.75. The molecule has 0 amide bonds. The number of hydrogen-bond donors (Lipinski definition) is 1. The van der Waals surface area contributed by atoms with E-state index >= 15 is 0 Å². The summed E-state index contributed by atoms with van der Waals surface area (Å²) in [5, 5.41) is 15.7. The Morgan fingerprint density at radius 1 is 1.26 bits per heavy atom. The van der Waals surface area contributed by atoms with Crippen LogP contribution in [0.2, 0.25) is 0 Å². The fraction of sp³-hybridized carbons (Fsp3) is 0.500. The van der Waals surface area contributed by atoms with Gasteiger partial charge in [0, 0.05) is 12.5 Å². The summed E-state index contributed by atoms with van der Waals surface area (Å²) in [6, 6.07) is 11.0. The molecule has 1 N–H and O–H groups in total. The average Bonchev–Trinajstić information content (AvgIpc) is 2.83. The van der Waals surface area contributed by atoms with Crippen LogP contribution >= 0.6 is 0 Å². The van der Waals surface area contributed by atoms with Crippen molar-refractivity contribution in [1.82, 2.24) is 25.5 Å². The molecule has 1 unspecified atom stereocenters. The van der Waals surface area contributed by atoms with Crippen molar-refractivity contribution in [3.8, 4) is 0 Å². The van der Waals surface area contributed by atoms with E-state index in [-0.39, 0.29) is 0 Å². The van der Waals surface area contributed by atoms with Crippen molar-refractivity contribution in [2.24, 2.45) is 7.05 Å². The van der Waals surface area contributed by atoms with E-state index < -0.39 is 0 Å². The minimum Gasteiger partial charge on any atom is -0.314 e. The van der Waals surface area contributed by atoms with Crippen molar-refractivity contribution >= 4 is 0 Å². The van der Waals surface area contributed by atoms with Gasteiger partial charge >= 0.3 is 0 Å². The molecule has 0 aliphatic rings. The van der Waals surface area contributed by atoms with Crippen molar-refractivity contribution in [3.63, 3.8) is 0 Å². The van der Waals surface area contributed by atoms with E-state index in [4.69, 9.17) is 0 Å². The molecule has 5 nitrogen and oxygen atoms in total. The second kappa shape index (κ2) is 6.99. The summed E-state index contributed by atoms with van der Waals surface area (Å²) in [5.41, 5.74) is 1.37. The lowest BCUT2D eigenvalue weighted by Crippen LogP contribution is -2.32. The topological polar surface area (TPSA) is 55.6 Å². The van der Waals surface area contributed by atoms with Crippen LogP contribution in [0.4, 0.5) is 0 Å². The van der Waals surface area contributed by atoms with Gasteiger partial charge in [-0.1, -0.05) is 37.3 Å². The maximum atomic E-state index is 4.24. The highest BCUT2D eigenvalue weighted by molar-refractivity contribution is 5.14. The lowest BCUT2D eigenvalue weighted by Gasteiger charge is -2.15. The number of nitrogens with zero attached hydrogens (tertiary/aromatic N) is 4. The Morgan fingerprint density at radius 3 is 2.68 bits per heavy atom. The van der Waals surface area contributed by atoms with Crippen LogP contribution in [0.3, 0.4) is 0 Å². The molecule has 1 heterocycles. The normalized spacial score (nSPS) is 12.5. The van der Waals surface area contributed by atoms with Crippen LogP contribution in [0.1, 0.15) is 24.7 Å². The number of nitrogens with one attached hydrogen (secondary N) is 1. The van der Waals surface area contributed by atoms with E-state index in [1.807, 2.05) is 0 Å². The molecule has 102 valence electrons. The third kappa shape index (κ3) is 4.44. The number of aryl methyl sites for hydroxylation is 2. The van der Waals surface area contributed by atoms with E-state index in [9.17, 15) is 0 Å². The van der Waals surface area contributed by atoms with Crippen molar-refractivity contribution in [1.29, 1.82) is 0 Å². The molecule has 0 spiro atoms.